The minimum atomic E-state index is -0.389. The lowest BCUT2D eigenvalue weighted by Crippen LogP contribution is -2.18. The van der Waals surface area contributed by atoms with E-state index in [4.69, 9.17) is 9.47 Å². The van der Waals surface area contributed by atoms with Gasteiger partial charge in [-0.25, -0.2) is 5.43 Å². The molecule has 2 N–H and O–H groups in total. The molecule has 160 valence electrons. The number of carbonyl (C=O) groups is 1. The summed E-state index contributed by atoms with van der Waals surface area (Å²) in [5.41, 5.74) is 6.17. The molecular formula is C25H22N4O3. The summed E-state index contributed by atoms with van der Waals surface area (Å²) in [6.07, 6.45) is 1.55. The van der Waals surface area contributed by atoms with Crippen LogP contribution in [0.25, 0.3) is 11.3 Å². The number of hydrogen-bond donors (Lipinski definition) is 2. The summed E-state index contributed by atoms with van der Waals surface area (Å²) in [7, 11) is 1.60. The van der Waals surface area contributed by atoms with E-state index in [2.05, 4.69) is 20.7 Å². The molecule has 0 aliphatic carbocycles. The van der Waals surface area contributed by atoms with Gasteiger partial charge in [0.05, 0.1) is 19.0 Å². The number of hydrazone groups is 1. The number of rotatable bonds is 8. The van der Waals surface area contributed by atoms with Crippen molar-refractivity contribution in [3.63, 3.8) is 0 Å². The smallest absolute Gasteiger partial charge is 0.289 e. The van der Waals surface area contributed by atoms with Crippen LogP contribution in [0.3, 0.4) is 0 Å². The van der Waals surface area contributed by atoms with Crippen molar-refractivity contribution < 1.29 is 14.3 Å². The van der Waals surface area contributed by atoms with Gasteiger partial charge in [0, 0.05) is 5.56 Å². The van der Waals surface area contributed by atoms with Crippen LogP contribution in [0.1, 0.15) is 21.6 Å². The van der Waals surface area contributed by atoms with Crippen LogP contribution in [0.4, 0.5) is 0 Å². The standard InChI is InChI=1S/C25H22N4O3/c1-31-21-11-5-9-19(13-21)16-26-29-25(30)24-15-23(27-28-24)20-10-6-12-22(14-20)32-17-18-7-3-2-4-8-18/h2-16H,17H2,1H3,(H,27,28)(H,29,30). The van der Waals surface area contributed by atoms with E-state index < -0.39 is 0 Å². The fourth-order valence-electron chi connectivity index (χ4n) is 3.02. The first-order valence-electron chi connectivity index (χ1n) is 10.0. The Balaban J connectivity index is 1.38. The topological polar surface area (TPSA) is 88.6 Å². The summed E-state index contributed by atoms with van der Waals surface area (Å²) in [4.78, 5) is 12.4. The van der Waals surface area contributed by atoms with E-state index in [1.54, 1.807) is 19.4 Å². The molecular weight excluding hydrogens is 404 g/mol. The predicted octanol–water partition coefficient (Wildman–Crippen LogP) is 4.43. The Morgan fingerprint density at radius 2 is 1.81 bits per heavy atom. The second-order valence-electron chi connectivity index (χ2n) is 6.94. The molecule has 4 rings (SSSR count). The van der Waals surface area contributed by atoms with Crippen LogP contribution in [-0.4, -0.2) is 29.4 Å². The van der Waals surface area contributed by atoms with Crippen LogP contribution in [-0.2, 0) is 6.61 Å². The van der Waals surface area contributed by atoms with Gasteiger partial charge in [0.1, 0.15) is 23.8 Å². The maximum atomic E-state index is 12.4. The third-order valence-electron chi connectivity index (χ3n) is 4.67. The largest absolute Gasteiger partial charge is 0.497 e. The molecule has 4 aromatic rings. The summed E-state index contributed by atoms with van der Waals surface area (Å²) in [5, 5.41) is 11.0. The first-order chi connectivity index (χ1) is 15.7. The summed E-state index contributed by atoms with van der Waals surface area (Å²) >= 11 is 0. The normalized spacial score (nSPS) is 10.8. The van der Waals surface area contributed by atoms with Gasteiger partial charge in [-0.15, -0.1) is 0 Å². The molecule has 0 atom stereocenters. The zero-order chi connectivity index (χ0) is 22.2. The molecule has 0 unspecified atom stereocenters. The number of aromatic nitrogens is 2. The highest BCUT2D eigenvalue weighted by Crippen LogP contribution is 2.23. The first kappa shape index (κ1) is 20.9. The second-order valence-corrected chi connectivity index (χ2v) is 6.94. The lowest BCUT2D eigenvalue weighted by atomic mass is 10.1. The van der Waals surface area contributed by atoms with Crippen molar-refractivity contribution in [2.24, 2.45) is 5.10 Å². The highest BCUT2D eigenvalue weighted by atomic mass is 16.5. The third-order valence-corrected chi connectivity index (χ3v) is 4.67. The molecule has 7 heteroatoms. The Morgan fingerprint density at radius 3 is 2.66 bits per heavy atom. The number of hydrogen-bond acceptors (Lipinski definition) is 5. The lowest BCUT2D eigenvalue weighted by molar-refractivity contribution is 0.0950. The molecule has 7 nitrogen and oxygen atoms in total. The molecule has 0 saturated carbocycles. The van der Waals surface area contributed by atoms with Gasteiger partial charge in [-0.3, -0.25) is 9.89 Å². The first-order valence-corrected chi connectivity index (χ1v) is 10.0. The lowest BCUT2D eigenvalue weighted by Gasteiger charge is -2.07. The Morgan fingerprint density at radius 1 is 1.00 bits per heavy atom. The molecule has 1 heterocycles. The minimum Gasteiger partial charge on any atom is -0.497 e. The zero-order valence-electron chi connectivity index (χ0n) is 17.5. The fourth-order valence-corrected chi connectivity index (χ4v) is 3.02. The van der Waals surface area contributed by atoms with Gasteiger partial charge in [-0.05, 0) is 41.5 Å². The van der Waals surface area contributed by atoms with Crippen molar-refractivity contribution in [1.82, 2.24) is 15.6 Å². The molecule has 0 aliphatic rings. The van der Waals surface area contributed by atoms with Crippen LogP contribution in [0.2, 0.25) is 0 Å². The molecule has 0 bridgehead atoms. The Hall–Kier alpha value is -4.39. The zero-order valence-corrected chi connectivity index (χ0v) is 17.5. The third kappa shape index (κ3) is 5.40. The number of carbonyl (C=O) groups excluding carboxylic acids is 1. The van der Waals surface area contributed by atoms with Crippen molar-refractivity contribution in [1.29, 1.82) is 0 Å². The average molecular weight is 426 g/mol. The number of benzene rings is 3. The molecule has 0 radical (unpaired) electrons. The molecule has 1 aromatic heterocycles. The van der Waals surface area contributed by atoms with Crippen molar-refractivity contribution in [3.05, 3.63) is 102 Å². The predicted molar refractivity (Wildman–Crippen MR) is 123 cm³/mol. The number of ether oxygens (including phenoxy) is 2. The Kier molecular flexibility index (Phi) is 6.57. The summed E-state index contributed by atoms with van der Waals surface area (Å²) < 4.78 is 11.0. The monoisotopic (exact) mass is 426 g/mol. The fraction of sp³-hybridized carbons (Fsp3) is 0.0800. The maximum absolute atomic E-state index is 12.4. The van der Waals surface area contributed by atoms with Crippen LogP contribution in [0.15, 0.2) is 90.0 Å². The SMILES string of the molecule is COc1cccc(C=NNC(=O)c2cc(-c3cccc(OCc4ccccc4)c3)n[nH]2)c1. The molecule has 3 aromatic carbocycles. The van der Waals surface area contributed by atoms with Crippen LogP contribution < -0.4 is 14.9 Å². The number of H-pyrrole nitrogens is 1. The number of nitrogens with one attached hydrogen (secondary N) is 2. The van der Waals surface area contributed by atoms with Gasteiger partial charge >= 0.3 is 0 Å². The van der Waals surface area contributed by atoms with E-state index in [-0.39, 0.29) is 5.91 Å². The molecule has 0 saturated heterocycles. The van der Waals surface area contributed by atoms with E-state index in [1.807, 2.05) is 78.9 Å². The highest BCUT2D eigenvalue weighted by molar-refractivity contribution is 5.94. The van der Waals surface area contributed by atoms with Gasteiger partial charge < -0.3 is 9.47 Å². The van der Waals surface area contributed by atoms with Crippen LogP contribution in [0, 0.1) is 0 Å². The highest BCUT2D eigenvalue weighted by Gasteiger charge is 2.11. The van der Waals surface area contributed by atoms with Crippen molar-refractivity contribution in [2.75, 3.05) is 7.11 Å². The Labute approximate surface area is 185 Å². The summed E-state index contributed by atoms with van der Waals surface area (Å²) in [5.74, 6) is 1.05. The van der Waals surface area contributed by atoms with Gasteiger partial charge in [-0.2, -0.15) is 10.2 Å². The number of methoxy groups -OCH3 is 1. The quantitative estimate of drug-likeness (QED) is 0.322. The molecule has 32 heavy (non-hydrogen) atoms. The summed E-state index contributed by atoms with van der Waals surface area (Å²) in [6.45, 7) is 0.476. The maximum Gasteiger partial charge on any atom is 0.289 e. The molecule has 0 fully saturated rings. The van der Waals surface area contributed by atoms with Gasteiger partial charge in [0.2, 0.25) is 0 Å². The summed E-state index contributed by atoms with van der Waals surface area (Å²) in [6, 6.07) is 26.6. The Bertz CT molecular complexity index is 1220. The van der Waals surface area contributed by atoms with Crippen molar-refractivity contribution in [2.45, 2.75) is 6.61 Å². The van der Waals surface area contributed by atoms with Crippen molar-refractivity contribution in [3.8, 4) is 22.8 Å². The molecule has 1 amide bonds. The van der Waals surface area contributed by atoms with Crippen molar-refractivity contribution >= 4 is 12.1 Å². The van der Waals surface area contributed by atoms with Gasteiger partial charge in [-0.1, -0.05) is 54.6 Å². The van der Waals surface area contributed by atoms with Gasteiger partial charge in [0.15, 0.2) is 0 Å². The number of nitrogens with zero attached hydrogens (tertiary/aromatic N) is 2. The average Bonchev–Trinajstić information content (AvgIpc) is 3.34. The van der Waals surface area contributed by atoms with Crippen LogP contribution >= 0.6 is 0 Å². The molecule has 0 spiro atoms. The minimum absolute atomic E-state index is 0.304. The van der Waals surface area contributed by atoms with E-state index in [0.29, 0.717) is 23.7 Å². The number of amides is 1. The van der Waals surface area contributed by atoms with Gasteiger partial charge in [0.25, 0.3) is 5.91 Å². The molecule has 0 aliphatic heterocycles. The number of aromatic amines is 1. The van der Waals surface area contributed by atoms with Crippen LogP contribution in [0.5, 0.6) is 11.5 Å². The van der Waals surface area contributed by atoms with E-state index in [0.717, 1.165) is 22.4 Å². The van der Waals surface area contributed by atoms with E-state index >= 15 is 0 Å². The second kappa shape index (κ2) is 10.1. The van der Waals surface area contributed by atoms with E-state index in [9.17, 15) is 4.79 Å². The van der Waals surface area contributed by atoms with E-state index in [1.165, 1.54) is 0 Å².